The Hall–Kier alpha value is -1.25. The average molecular weight is 165 g/mol. The molecule has 0 saturated carbocycles. The second-order valence-corrected chi connectivity index (χ2v) is 2.74. The van der Waals surface area contributed by atoms with Crippen molar-refractivity contribution in [2.24, 2.45) is 4.99 Å². The van der Waals surface area contributed by atoms with E-state index in [4.69, 9.17) is 0 Å². The Morgan fingerprint density at radius 1 is 1.58 bits per heavy atom. The van der Waals surface area contributed by atoms with Crippen LogP contribution in [0.4, 0.5) is 0 Å². The highest BCUT2D eigenvalue weighted by Crippen LogP contribution is 2.10. The van der Waals surface area contributed by atoms with Crippen molar-refractivity contribution in [3.63, 3.8) is 0 Å². The molecule has 1 heterocycles. The predicted octanol–water partition coefficient (Wildman–Crippen LogP) is 1.28. The fourth-order valence-electron chi connectivity index (χ4n) is 1.06. The number of carbonyl (C=O) groups excluding carboxylic acids is 2. The van der Waals surface area contributed by atoms with Gasteiger partial charge in [-0.3, -0.25) is 9.59 Å². The minimum Gasteiger partial charge on any atom is -0.299 e. The first kappa shape index (κ1) is 8.84. The van der Waals surface area contributed by atoms with Crippen molar-refractivity contribution in [3.05, 3.63) is 11.6 Å². The normalized spacial score (nSPS) is 15.1. The van der Waals surface area contributed by atoms with Gasteiger partial charge in [-0.1, -0.05) is 6.92 Å². The summed E-state index contributed by atoms with van der Waals surface area (Å²) in [7, 11) is 0. The molecule has 64 valence electrons. The van der Waals surface area contributed by atoms with Gasteiger partial charge in [-0.2, -0.15) is 0 Å². The van der Waals surface area contributed by atoms with E-state index < -0.39 is 0 Å². The number of allylic oxidation sites excluding steroid dienone is 1. The molecule has 0 aromatic carbocycles. The van der Waals surface area contributed by atoms with Gasteiger partial charge in [0.25, 0.3) is 5.91 Å². The Labute approximate surface area is 71.2 Å². The maximum atomic E-state index is 11.1. The van der Waals surface area contributed by atoms with Crippen molar-refractivity contribution < 1.29 is 9.59 Å². The second-order valence-electron chi connectivity index (χ2n) is 2.74. The molecule has 0 bridgehead atoms. The van der Waals surface area contributed by atoms with E-state index in [1.807, 2.05) is 6.92 Å². The number of nitrogens with zero attached hydrogens (tertiary/aromatic N) is 1. The lowest BCUT2D eigenvalue weighted by Crippen LogP contribution is -2.03. The summed E-state index contributed by atoms with van der Waals surface area (Å²) in [4.78, 5) is 25.5. The van der Waals surface area contributed by atoms with E-state index in [9.17, 15) is 9.59 Å². The van der Waals surface area contributed by atoms with Crippen molar-refractivity contribution in [1.29, 1.82) is 0 Å². The highest BCUT2D eigenvalue weighted by atomic mass is 16.1. The lowest BCUT2D eigenvalue weighted by molar-refractivity contribution is -0.120. The molecule has 0 radical (unpaired) electrons. The third-order valence-corrected chi connectivity index (χ3v) is 1.66. The summed E-state index contributed by atoms with van der Waals surface area (Å²) in [6.45, 7) is 1.94. The average Bonchev–Trinajstić information content (AvgIpc) is 2.37. The highest BCUT2D eigenvalue weighted by Gasteiger charge is 2.14. The molecule has 3 nitrogen and oxygen atoms in total. The maximum absolute atomic E-state index is 11.1. The molecule has 0 aromatic heterocycles. The standard InChI is InChI=1S/C9H11NO2/c1-2-3-8(11)6-7-4-5-10-9(7)12/h4-5H,2-3,6H2,1H3. The Morgan fingerprint density at radius 3 is 2.83 bits per heavy atom. The quantitative estimate of drug-likeness (QED) is 0.630. The van der Waals surface area contributed by atoms with Crippen molar-refractivity contribution in [1.82, 2.24) is 0 Å². The van der Waals surface area contributed by atoms with E-state index in [0.29, 0.717) is 12.0 Å². The van der Waals surface area contributed by atoms with E-state index in [-0.39, 0.29) is 18.1 Å². The van der Waals surface area contributed by atoms with Crippen molar-refractivity contribution in [2.75, 3.05) is 0 Å². The fourth-order valence-corrected chi connectivity index (χ4v) is 1.06. The monoisotopic (exact) mass is 165 g/mol. The van der Waals surface area contributed by atoms with Crippen molar-refractivity contribution in [2.45, 2.75) is 26.2 Å². The van der Waals surface area contributed by atoms with Gasteiger partial charge in [-0.05, 0) is 12.5 Å². The summed E-state index contributed by atoms with van der Waals surface area (Å²) in [6, 6.07) is 0. The Morgan fingerprint density at radius 2 is 2.33 bits per heavy atom. The molecule has 1 aliphatic heterocycles. The summed E-state index contributed by atoms with van der Waals surface area (Å²) in [5.41, 5.74) is 0.522. The minimum absolute atomic E-state index is 0.114. The molecule has 0 fully saturated rings. The van der Waals surface area contributed by atoms with Crippen LogP contribution in [-0.4, -0.2) is 17.9 Å². The number of hydrogen-bond acceptors (Lipinski definition) is 2. The van der Waals surface area contributed by atoms with Gasteiger partial charge in [0.15, 0.2) is 0 Å². The lowest BCUT2D eigenvalue weighted by atomic mass is 10.1. The maximum Gasteiger partial charge on any atom is 0.273 e. The summed E-state index contributed by atoms with van der Waals surface area (Å²) in [6.07, 6.45) is 4.67. The summed E-state index contributed by atoms with van der Waals surface area (Å²) < 4.78 is 0. The SMILES string of the molecule is CCCC(=O)CC1=CC=NC1=O. The van der Waals surface area contributed by atoms with Crippen molar-refractivity contribution >= 4 is 17.9 Å². The number of Topliss-reactive ketones (excluding diaryl/α,β-unsaturated/α-hetero) is 1. The zero-order valence-electron chi connectivity index (χ0n) is 7.04. The Kier molecular flexibility index (Phi) is 2.91. The van der Waals surface area contributed by atoms with Gasteiger partial charge in [-0.25, -0.2) is 4.99 Å². The van der Waals surface area contributed by atoms with E-state index in [2.05, 4.69) is 4.99 Å². The molecule has 0 aromatic rings. The Balaban J connectivity index is 2.43. The van der Waals surface area contributed by atoms with Gasteiger partial charge in [0.1, 0.15) is 5.78 Å². The number of amides is 1. The van der Waals surface area contributed by atoms with Crippen molar-refractivity contribution in [3.8, 4) is 0 Å². The minimum atomic E-state index is -0.264. The molecule has 1 rings (SSSR count). The molecule has 1 aliphatic rings. The summed E-state index contributed by atoms with van der Waals surface area (Å²) >= 11 is 0. The predicted molar refractivity (Wildman–Crippen MR) is 46.1 cm³/mol. The number of aliphatic imine (C=N–C) groups is 1. The molecular formula is C9H11NO2. The molecule has 0 spiro atoms. The Bertz CT molecular complexity index is 264. The van der Waals surface area contributed by atoms with Gasteiger partial charge in [0, 0.05) is 24.6 Å². The highest BCUT2D eigenvalue weighted by molar-refractivity contribution is 6.10. The van der Waals surface area contributed by atoms with Gasteiger partial charge >= 0.3 is 0 Å². The molecule has 1 amide bonds. The zero-order chi connectivity index (χ0) is 8.97. The molecule has 3 heteroatoms. The summed E-state index contributed by atoms with van der Waals surface area (Å²) in [5, 5.41) is 0. The largest absolute Gasteiger partial charge is 0.299 e. The second kappa shape index (κ2) is 3.95. The first-order valence-electron chi connectivity index (χ1n) is 4.03. The van der Waals surface area contributed by atoms with E-state index in [1.54, 1.807) is 6.08 Å². The lowest BCUT2D eigenvalue weighted by Gasteiger charge is -1.96. The molecule has 0 atom stereocenters. The van der Waals surface area contributed by atoms with Crippen LogP contribution in [0.25, 0.3) is 0 Å². The summed E-state index contributed by atoms with van der Waals surface area (Å²) in [5.74, 6) is -0.151. The number of rotatable bonds is 4. The smallest absolute Gasteiger partial charge is 0.273 e. The van der Waals surface area contributed by atoms with E-state index in [0.717, 1.165) is 6.42 Å². The van der Waals surface area contributed by atoms with Crippen LogP contribution in [0.2, 0.25) is 0 Å². The van der Waals surface area contributed by atoms with E-state index in [1.165, 1.54) is 6.21 Å². The topological polar surface area (TPSA) is 46.5 Å². The molecule has 12 heavy (non-hydrogen) atoms. The third-order valence-electron chi connectivity index (χ3n) is 1.66. The van der Waals surface area contributed by atoms with Crippen LogP contribution < -0.4 is 0 Å². The number of hydrogen-bond donors (Lipinski definition) is 0. The number of ketones is 1. The molecule has 0 saturated heterocycles. The van der Waals surface area contributed by atoms with Gasteiger partial charge in [0.05, 0.1) is 0 Å². The first-order chi connectivity index (χ1) is 5.74. The van der Waals surface area contributed by atoms with Gasteiger partial charge < -0.3 is 0 Å². The van der Waals surface area contributed by atoms with Gasteiger partial charge in [-0.15, -0.1) is 0 Å². The van der Waals surface area contributed by atoms with Crippen LogP contribution in [0.3, 0.4) is 0 Å². The van der Waals surface area contributed by atoms with Crippen LogP contribution in [0.15, 0.2) is 16.6 Å². The molecular weight excluding hydrogens is 154 g/mol. The van der Waals surface area contributed by atoms with Crippen LogP contribution in [0, 0.1) is 0 Å². The van der Waals surface area contributed by atoms with E-state index >= 15 is 0 Å². The van der Waals surface area contributed by atoms with Crippen LogP contribution in [-0.2, 0) is 9.59 Å². The molecule has 0 aliphatic carbocycles. The van der Waals surface area contributed by atoms with Crippen LogP contribution in [0.5, 0.6) is 0 Å². The third kappa shape index (κ3) is 2.12. The van der Waals surface area contributed by atoms with Gasteiger partial charge in [0.2, 0.25) is 0 Å². The molecule has 0 N–H and O–H groups in total. The van der Waals surface area contributed by atoms with Crippen LogP contribution in [0.1, 0.15) is 26.2 Å². The first-order valence-corrected chi connectivity index (χ1v) is 4.03. The zero-order valence-corrected chi connectivity index (χ0v) is 7.04. The number of carbonyl (C=O) groups is 2. The fraction of sp³-hybridized carbons (Fsp3) is 0.444. The molecule has 0 unspecified atom stereocenters. The van der Waals surface area contributed by atoms with Crippen LogP contribution >= 0.6 is 0 Å².